The van der Waals surface area contributed by atoms with Gasteiger partial charge in [0.15, 0.2) is 0 Å². The van der Waals surface area contributed by atoms with Gasteiger partial charge in [-0.2, -0.15) is 0 Å². The summed E-state index contributed by atoms with van der Waals surface area (Å²) < 4.78 is 27.5. The van der Waals surface area contributed by atoms with Gasteiger partial charge in [0.25, 0.3) is 15.9 Å². The van der Waals surface area contributed by atoms with E-state index in [2.05, 4.69) is 10.0 Å². The first-order valence-corrected chi connectivity index (χ1v) is 10.4. The second-order valence-corrected chi connectivity index (χ2v) is 8.52. The molecule has 0 saturated heterocycles. The summed E-state index contributed by atoms with van der Waals surface area (Å²) in [5.74, 6) is -0.444. The Morgan fingerprint density at radius 2 is 1.61 bits per heavy atom. The van der Waals surface area contributed by atoms with E-state index in [1.54, 1.807) is 48.5 Å². The third-order valence-electron chi connectivity index (χ3n) is 3.91. The van der Waals surface area contributed by atoms with Gasteiger partial charge in [0, 0.05) is 11.3 Å². The van der Waals surface area contributed by atoms with Crippen LogP contribution < -0.4 is 10.0 Å². The molecule has 8 heteroatoms. The van der Waals surface area contributed by atoms with Gasteiger partial charge >= 0.3 is 0 Å². The maximum Gasteiger partial charge on any atom is 0.261 e. The van der Waals surface area contributed by atoms with Gasteiger partial charge < -0.3 is 5.32 Å². The van der Waals surface area contributed by atoms with Gasteiger partial charge in [0.2, 0.25) is 0 Å². The molecular weight excluding hydrogens is 419 g/mol. The van der Waals surface area contributed by atoms with Crippen molar-refractivity contribution in [3.8, 4) is 0 Å². The van der Waals surface area contributed by atoms with E-state index in [0.717, 1.165) is 5.56 Å². The van der Waals surface area contributed by atoms with Crippen LogP contribution in [0.2, 0.25) is 10.0 Å². The van der Waals surface area contributed by atoms with Crippen molar-refractivity contribution in [2.45, 2.75) is 11.8 Å². The van der Waals surface area contributed by atoms with Crippen molar-refractivity contribution in [2.24, 2.45) is 0 Å². The number of halogens is 2. The molecule has 0 aliphatic rings. The van der Waals surface area contributed by atoms with Crippen LogP contribution in [0.15, 0.2) is 71.6 Å². The Balaban J connectivity index is 1.81. The predicted octanol–water partition coefficient (Wildman–Crippen LogP) is 5.35. The molecule has 0 heterocycles. The van der Waals surface area contributed by atoms with Gasteiger partial charge in [-0.1, -0.05) is 53.0 Å². The fraction of sp³-hybridized carbons (Fsp3) is 0.0500. The summed E-state index contributed by atoms with van der Waals surface area (Å²) in [6, 6.07) is 17.5. The molecule has 0 aliphatic heterocycles. The quantitative estimate of drug-likeness (QED) is 0.567. The number of amides is 1. The molecular formula is C20H16Cl2N2O3S. The molecule has 0 radical (unpaired) electrons. The third-order valence-corrected chi connectivity index (χ3v) is 6.12. The molecule has 0 atom stereocenters. The molecule has 5 nitrogen and oxygen atoms in total. The zero-order chi connectivity index (χ0) is 20.3. The van der Waals surface area contributed by atoms with E-state index in [9.17, 15) is 13.2 Å². The molecule has 0 bridgehead atoms. The zero-order valence-corrected chi connectivity index (χ0v) is 17.1. The number of hydrogen-bond donors (Lipinski definition) is 2. The smallest absolute Gasteiger partial charge is 0.261 e. The topological polar surface area (TPSA) is 75.3 Å². The van der Waals surface area contributed by atoms with E-state index in [0.29, 0.717) is 10.7 Å². The molecule has 3 aromatic carbocycles. The summed E-state index contributed by atoms with van der Waals surface area (Å²) >= 11 is 12.0. The first-order chi connectivity index (χ1) is 13.3. The highest BCUT2D eigenvalue weighted by Gasteiger charge is 2.15. The van der Waals surface area contributed by atoms with Gasteiger partial charge in [0.1, 0.15) is 0 Å². The summed E-state index contributed by atoms with van der Waals surface area (Å²) in [6.45, 7) is 1.87. The Bertz CT molecular complexity index is 1130. The van der Waals surface area contributed by atoms with Crippen molar-refractivity contribution in [3.63, 3.8) is 0 Å². The van der Waals surface area contributed by atoms with Gasteiger partial charge in [0.05, 0.1) is 20.6 Å². The lowest BCUT2D eigenvalue weighted by atomic mass is 10.2. The summed E-state index contributed by atoms with van der Waals surface area (Å²) in [5, 5.41) is 3.21. The van der Waals surface area contributed by atoms with Crippen LogP contribution in [0, 0.1) is 6.92 Å². The maximum absolute atomic E-state index is 12.5. The van der Waals surface area contributed by atoms with E-state index in [4.69, 9.17) is 23.2 Å². The predicted molar refractivity (Wildman–Crippen MR) is 113 cm³/mol. The van der Waals surface area contributed by atoms with Crippen LogP contribution >= 0.6 is 23.2 Å². The molecule has 1 amide bonds. The molecule has 0 aromatic heterocycles. The fourth-order valence-electron chi connectivity index (χ4n) is 2.45. The van der Waals surface area contributed by atoms with Crippen molar-refractivity contribution in [2.75, 3.05) is 10.0 Å². The summed E-state index contributed by atoms with van der Waals surface area (Å²) in [5.41, 5.74) is 1.85. The Hall–Kier alpha value is -2.54. The normalized spacial score (nSPS) is 11.1. The summed E-state index contributed by atoms with van der Waals surface area (Å²) in [6.07, 6.45) is 0. The lowest BCUT2D eigenvalue weighted by Crippen LogP contribution is -2.15. The molecule has 0 saturated carbocycles. The Kier molecular flexibility index (Phi) is 5.93. The molecule has 144 valence electrons. The molecule has 0 unspecified atom stereocenters. The van der Waals surface area contributed by atoms with Crippen molar-refractivity contribution in [3.05, 3.63) is 87.9 Å². The second-order valence-electron chi connectivity index (χ2n) is 6.05. The van der Waals surface area contributed by atoms with Crippen LogP contribution in [0.5, 0.6) is 0 Å². The first-order valence-electron chi connectivity index (χ1n) is 8.21. The average Bonchev–Trinajstić information content (AvgIpc) is 2.65. The molecule has 3 aromatic rings. The van der Waals surface area contributed by atoms with Gasteiger partial charge in [-0.15, -0.1) is 0 Å². The van der Waals surface area contributed by atoms with Crippen molar-refractivity contribution in [1.82, 2.24) is 0 Å². The number of anilines is 2. The molecule has 2 N–H and O–H groups in total. The van der Waals surface area contributed by atoms with Crippen LogP contribution in [0.4, 0.5) is 11.4 Å². The Labute approximate surface area is 173 Å². The van der Waals surface area contributed by atoms with Crippen LogP contribution in [-0.2, 0) is 10.0 Å². The lowest BCUT2D eigenvalue weighted by Gasteiger charge is -2.11. The zero-order valence-electron chi connectivity index (χ0n) is 14.7. The SMILES string of the molecule is Cc1ccc(S(=O)(=O)Nc2cccc(C(=O)Nc3cccc(Cl)c3Cl)c2)cc1. The maximum atomic E-state index is 12.5. The van der Waals surface area contributed by atoms with Gasteiger partial charge in [-0.3, -0.25) is 9.52 Å². The molecule has 28 heavy (non-hydrogen) atoms. The fourth-order valence-corrected chi connectivity index (χ4v) is 3.85. The molecule has 3 rings (SSSR count). The molecule has 0 fully saturated rings. The third kappa shape index (κ3) is 4.65. The first kappa shape index (κ1) is 20.2. The Morgan fingerprint density at radius 1 is 0.929 bits per heavy atom. The van der Waals surface area contributed by atoms with Gasteiger partial charge in [-0.05, 0) is 49.4 Å². The van der Waals surface area contributed by atoms with Gasteiger partial charge in [-0.25, -0.2) is 8.42 Å². The van der Waals surface area contributed by atoms with Crippen LogP contribution in [0.25, 0.3) is 0 Å². The minimum absolute atomic E-state index is 0.138. The average molecular weight is 435 g/mol. The Morgan fingerprint density at radius 3 is 2.32 bits per heavy atom. The largest absolute Gasteiger partial charge is 0.321 e. The number of rotatable bonds is 5. The van der Waals surface area contributed by atoms with Crippen molar-refractivity contribution < 1.29 is 13.2 Å². The highest BCUT2D eigenvalue weighted by atomic mass is 35.5. The minimum Gasteiger partial charge on any atom is -0.321 e. The van der Waals surface area contributed by atoms with Crippen LogP contribution in [0.3, 0.4) is 0 Å². The van der Waals surface area contributed by atoms with E-state index >= 15 is 0 Å². The van der Waals surface area contributed by atoms with Crippen LogP contribution in [0.1, 0.15) is 15.9 Å². The minimum atomic E-state index is -3.76. The van der Waals surface area contributed by atoms with Crippen molar-refractivity contribution >= 4 is 50.5 Å². The van der Waals surface area contributed by atoms with E-state index < -0.39 is 15.9 Å². The second kappa shape index (κ2) is 8.22. The number of carbonyl (C=O) groups excluding carboxylic acids is 1. The number of sulfonamides is 1. The molecule has 0 aliphatic carbocycles. The lowest BCUT2D eigenvalue weighted by molar-refractivity contribution is 0.102. The number of benzene rings is 3. The standard InChI is InChI=1S/C20H16Cl2N2O3S/c1-13-8-10-16(11-9-13)28(26,27)24-15-5-2-4-14(12-15)20(25)23-18-7-3-6-17(21)19(18)22/h2-12,24H,1H3,(H,23,25). The monoisotopic (exact) mass is 434 g/mol. The van der Waals surface area contributed by atoms with Crippen LogP contribution in [-0.4, -0.2) is 14.3 Å². The van der Waals surface area contributed by atoms with E-state index in [-0.39, 0.29) is 21.2 Å². The number of aryl methyl sites for hydroxylation is 1. The summed E-state index contributed by atoms with van der Waals surface area (Å²) in [4.78, 5) is 12.7. The molecule has 0 spiro atoms. The number of hydrogen-bond acceptors (Lipinski definition) is 3. The summed E-state index contributed by atoms with van der Waals surface area (Å²) in [7, 11) is -3.76. The highest BCUT2D eigenvalue weighted by Crippen LogP contribution is 2.30. The van der Waals surface area contributed by atoms with E-state index in [1.807, 2.05) is 6.92 Å². The van der Waals surface area contributed by atoms with E-state index in [1.165, 1.54) is 18.2 Å². The van der Waals surface area contributed by atoms with Crippen molar-refractivity contribution in [1.29, 1.82) is 0 Å². The highest BCUT2D eigenvalue weighted by molar-refractivity contribution is 7.92. The number of carbonyl (C=O) groups is 1. The number of nitrogens with one attached hydrogen (secondary N) is 2.